The van der Waals surface area contributed by atoms with Crippen LogP contribution in [0.15, 0.2) is 78.4 Å². The third-order valence-corrected chi connectivity index (χ3v) is 3.10. The molecule has 0 aliphatic rings. The molecule has 3 rings (SSSR count). The minimum Gasteiger partial charge on any atom is -0.324 e. The van der Waals surface area contributed by atoms with E-state index in [0.717, 1.165) is 11.3 Å². The minimum absolute atomic E-state index is 0.251. The van der Waals surface area contributed by atoms with Gasteiger partial charge in [-0.1, -0.05) is 6.07 Å². The molecule has 1 aromatic carbocycles. The molecule has 5 nitrogen and oxygen atoms in total. The number of carbonyl (C=O) groups excluding carboxylic acids is 1. The molecule has 0 fully saturated rings. The van der Waals surface area contributed by atoms with Crippen LogP contribution in [0.1, 0.15) is 15.9 Å². The zero-order valence-corrected chi connectivity index (χ0v) is 11.8. The van der Waals surface area contributed by atoms with Crippen molar-refractivity contribution in [2.75, 3.05) is 0 Å². The summed E-state index contributed by atoms with van der Waals surface area (Å²) in [5.41, 5.74) is 4.88. The Hall–Kier alpha value is -3.21. The maximum absolute atomic E-state index is 12.0. The Labute approximate surface area is 127 Å². The molecule has 2 aromatic heterocycles. The van der Waals surface area contributed by atoms with Crippen molar-refractivity contribution < 1.29 is 4.79 Å². The average molecular weight is 290 g/mol. The van der Waals surface area contributed by atoms with Crippen LogP contribution in [0.3, 0.4) is 0 Å². The van der Waals surface area contributed by atoms with E-state index in [4.69, 9.17) is 0 Å². The van der Waals surface area contributed by atoms with E-state index in [1.807, 2.05) is 53.4 Å². The second-order valence-corrected chi connectivity index (χ2v) is 4.62. The van der Waals surface area contributed by atoms with Gasteiger partial charge in [-0.25, -0.2) is 5.43 Å². The lowest BCUT2D eigenvalue weighted by molar-refractivity contribution is 0.0955. The lowest BCUT2D eigenvalue weighted by atomic mass is 10.2. The van der Waals surface area contributed by atoms with Gasteiger partial charge in [0.15, 0.2) is 0 Å². The van der Waals surface area contributed by atoms with Gasteiger partial charge in [0.05, 0.1) is 6.21 Å². The molecule has 0 aliphatic carbocycles. The van der Waals surface area contributed by atoms with Crippen LogP contribution in [-0.4, -0.2) is 21.7 Å². The van der Waals surface area contributed by atoms with Crippen LogP contribution in [0, 0.1) is 0 Å². The standard InChI is InChI=1S/C17H14N4O/c22-17(20-19-13-14-4-3-9-18-12-14)15-5-7-16(8-6-15)21-10-1-2-11-21/h1-13H,(H,20,22)/b19-13-. The van der Waals surface area contributed by atoms with E-state index in [9.17, 15) is 4.79 Å². The molecule has 0 bridgehead atoms. The zero-order chi connectivity index (χ0) is 15.2. The summed E-state index contributed by atoms with van der Waals surface area (Å²) in [5.74, 6) is -0.251. The molecule has 2 heterocycles. The Bertz CT molecular complexity index is 762. The van der Waals surface area contributed by atoms with Crippen molar-refractivity contribution in [3.05, 3.63) is 84.4 Å². The van der Waals surface area contributed by atoms with Crippen LogP contribution < -0.4 is 5.43 Å². The number of nitrogens with one attached hydrogen (secondary N) is 1. The number of hydrogen-bond acceptors (Lipinski definition) is 3. The highest BCUT2D eigenvalue weighted by Gasteiger charge is 2.04. The quantitative estimate of drug-likeness (QED) is 0.593. The van der Waals surface area contributed by atoms with Gasteiger partial charge in [0.2, 0.25) is 0 Å². The minimum atomic E-state index is -0.251. The second-order valence-electron chi connectivity index (χ2n) is 4.62. The first-order chi connectivity index (χ1) is 10.8. The predicted octanol–water partition coefficient (Wildman–Crippen LogP) is 2.64. The topological polar surface area (TPSA) is 59.3 Å². The zero-order valence-electron chi connectivity index (χ0n) is 11.8. The number of pyridine rings is 1. The first kappa shape index (κ1) is 13.8. The van der Waals surface area contributed by atoms with Gasteiger partial charge in [0.1, 0.15) is 0 Å². The van der Waals surface area contributed by atoms with Crippen LogP contribution in [0.2, 0.25) is 0 Å². The van der Waals surface area contributed by atoms with E-state index in [2.05, 4.69) is 15.5 Å². The fourth-order valence-electron chi connectivity index (χ4n) is 1.97. The summed E-state index contributed by atoms with van der Waals surface area (Å²) in [6.45, 7) is 0. The van der Waals surface area contributed by atoms with E-state index in [1.54, 1.807) is 30.7 Å². The molecule has 0 radical (unpaired) electrons. The molecule has 1 amide bonds. The van der Waals surface area contributed by atoms with Gasteiger partial charge < -0.3 is 4.57 Å². The van der Waals surface area contributed by atoms with Gasteiger partial charge in [-0.3, -0.25) is 9.78 Å². The van der Waals surface area contributed by atoms with Crippen LogP contribution in [0.4, 0.5) is 0 Å². The summed E-state index contributed by atoms with van der Waals surface area (Å²) < 4.78 is 1.97. The SMILES string of the molecule is O=C(N/N=C\c1cccnc1)c1ccc(-n2cccc2)cc1. The Morgan fingerprint density at radius 3 is 2.55 bits per heavy atom. The molecule has 108 valence electrons. The lowest BCUT2D eigenvalue weighted by Gasteiger charge is -2.04. The highest BCUT2D eigenvalue weighted by Crippen LogP contribution is 2.09. The molecule has 5 heteroatoms. The molecule has 0 atom stereocenters. The largest absolute Gasteiger partial charge is 0.324 e. The highest BCUT2D eigenvalue weighted by molar-refractivity contribution is 5.95. The van der Waals surface area contributed by atoms with Crippen molar-refractivity contribution in [2.45, 2.75) is 0 Å². The first-order valence-electron chi connectivity index (χ1n) is 6.80. The van der Waals surface area contributed by atoms with Gasteiger partial charge >= 0.3 is 0 Å². The summed E-state index contributed by atoms with van der Waals surface area (Å²) in [5, 5.41) is 3.92. The predicted molar refractivity (Wildman–Crippen MR) is 85.1 cm³/mol. The first-order valence-corrected chi connectivity index (χ1v) is 6.80. The van der Waals surface area contributed by atoms with E-state index < -0.39 is 0 Å². The summed E-state index contributed by atoms with van der Waals surface area (Å²) in [7, 11) is 0. The van der Waals surface area contributed by atoms with E-state index in [-0.39, 0.29) is 5.91 Å². The molecule has 1 N–H and O–H groups in total. The second kappa shape index (κ2) is 6.49. The molecule has 0 saturated carbocycles. The molecule has 0 saturated heterocycles. The summed E-state index contributed by atoms with van der Waals surface area (Å²) >= 11 is 0. The molecule has 0 unspecified atom stereocenters. The monoisotopic (exact) mass is 290 g/mol. The Morgan fingerprint density at radius 2 is 1.86 bits per heavy atom. The van der Waals surface area contributed by atoms with Crippen molar-refractivity contribution in [3.8, 4) is 5.69 Å². The maximum atomic E-state index is 12.0. The van der Waals surface area contributed by atoms with Gasteiger partial charge in [-0.05, 0) is 42.5 Å². The number of hydrazone groups is 1. The Balaban J connectivity index is 1.64. The third kappa shape index (κ3) is 3.27. The van der Waals surface area contributed by atoms with Crippen molar-refractivity contribution in [1.29, 1.82) is 0 Å². The van der Waals surface area contributed by atoms with Crippen molar-refractivity contribution in [3.63, 3.8) is 0 Å². The summed E-state index contributed by atoms with van der Waals surface area (Å²) in [4.78, 5) is 16.0. The van der Waals surface area contributed by atoms with E-state index in [0.29, 0.717) is 5.56 Å². The number of hydrogen-bond donors (Lipinski definition) is 1. The average Bonchev–Trinajstić information content (AvgIpc) is 3.10. The number of aromatic nitrogens is 2. The van der Waals surface area contributed by atoms with E-state index in [1.165, 1.54) is 0 Å². The van der Waals surface area contributed by atoms with Gasteiger partial charge in [-0.15, -0.1) is 0 Å². The van der Waals surface area contributed by atoms with Crippen molar-refractivity contribution in [2.24, 2.45) is 5.10 Å². The van der Waals surface area contributed by atoms with Gasteiger partial charge in [-0.2, -0.15) is 5.10 Å². The van der Waals surface area contributed by atoms with Crippen LogP contribution in [-0.2, 0) is 0 Å². The van der Waals surface area contributed by atoms with Crippen molar-refractivity contribution >= 4 is 12.1 Å². The van der Waals surface area contributed by atoms with Crippen LogP contribution in [0.5, 0.6) is 0 Å². The summed E-state index contributed by atoms with van der Waals surface area (Å²) in [6.07, 6.45) is 8.81. The molecule has 22 heavy (non-hydrogen) atoms. The van der Waals surface area contributed by atoms with Gasteiger partial charge in [0.25, 0.3) is 5.91 Å². The molecule has 0 spiro atoms. The number of amides is 1. The lowest BCUT2D eigenvalue weighted by Crippen LogP contribution is -2.17. The third-order valence-electron chi connectivity index (χ3n) is 3.10. The fraction of sp³-hybridized carbons (Fsp3) is 0. The molecule has 3 aromatic rings. The molecular formula is C17H14N4O. The number of nitrogens with zero attached hydrogens (tertiary/aromatic N) is 3. The smallest absolute Gasteiger partial charge is 0.271 e. The van der Waals surface area contributed by atoms with E-state index >= 15 is 0 Å². The number of benzene rings is 1. The normalized spacial score (nSPS) is 10.7. The number of carbonyl (C=O) groups is 1. The highest BCUT2D eigenvalue weighted by atomic mass is 16.2. The van der Waals surface area contributed by atoms with Gasteiger partial charge in [0, 0.05) is 41.6 Å². The van der Waals surface area contributed by atoms with Crippen LogP contribution >= 0.6 is 0 Å². The maximum Gasteiger partial charge on any atom is 0.271 e. The number of rotatable bonds is 4. The molecule has 0 aliphatic heterocycles. The summed E-state index contributed by atoms with van der Waals surface area (Å²) in [6, 6.07) is 14.9. The van der Waals surface area contributed by atoms with Crippen molar-refractivity contribution in [1.82, 2.24) is 15.0 Å². The Morgan fingerprint density at radius 1 is 1.09 bits per heavy atom. The fourth-order valence-corrected chi connectivity index (χ4v) is 1.97. The van der Waals surface area contributed by atoms with Crippen LogP contribution in [0.25, 0.3) is 5.69 Å². The Kier molecular flexibility index (Phi) is 4.06. The molecular weight excluding hydrogens is 276 g/mol.